The molecule has 1 aromatic carbocycles. The van der Waals surface area contributed by atoms with E-state index in [9.17, 15) is 9.59 Å². The van der Waals surface area contributed by atoms with E-state index in [1.54, 1.807) is 30.6 Å². The van der Waals surface area contributed by atoms with Crippen molar-refractivity contribution in [3.8, 4) is 17.2 Å². The van der Waals surface area contributed by atoms with Gasteiger partial charge in [0.2, 0.25) is 5.91 Å². The predicted octanol–water partition coefficient (Wildman–Crippen LogP) is 4.65. The molecule has 1 aromatic heterocycles. The van der Waals surface area contributed by atoms with Crippen LogP contribution in [0.3, 0.4) is 0 Å². The number of likely N-dealkylation sites (N-methyl/N-ethyl adjacent to an activating group) is 2. The second-order valence-corrected chi connectivity index (χ2v) is 12.5. The molecule has 0 N–H and O–H groups in total. The molecule has 1 saturated carbocycles. The second-order valence-electron chi connectivity index (χ2n) is 10.6. The van der Waals surface area contributed by atoms with Crippen molar-refractivity contribution in [2.24, 2.45) is 5.92 Å². The van der Waals surface area contributed by atoms with Gasteiger partial charge in [0.05, 0.1) is 13.2 Å². The maximum absolute atomic E-state index is 13.4. The van der Waals surface area contributed by atoms with E-state index in [0.29, 0.717) is 23.5 Å². The summed E-state index contributed by atoms with van der Waals surface area (Å²) in [6.07, 6.45) is 6.99. The van der Waals surface area contributed by atoms with Crippen LogP contribution >= 0.6 is 27.3 Å². The summed E-state index contributed by atoms with van der Waals surface area (Å²) < 4.78 is 19.3. The van der Waals surface area contributed by atoms with E-state index in [0.717, 1.165) is 58.5 Å². The standard InChI is InChI=1S/C28H31BrN2O5S/c1-15(32)35-22-13-23(34-4)26-25-18(22)12-21-19-6-7-20(27(36-26)28(19,25)9-10-30(21)2)31(3)24(33)8-5-17-11-16(29)14-37-17/h5,8,11,13-14,19-21,27H,6-7,9-10,12H2,1-4H3/b8-5+/t19-,20-,21+,27-,28-/m0/s1. The SMILES string of the molecule is COc1cc(OC(C)=O)c2c3c1O[C@H]1[C@@H](N(C)C(=O)/C=C/c4cc(Br)cs4)CC[C@H]4[C@@H](C2)N(C)CC[C@@]341. The Bertz CT molecular complexity index is 1310. The smallest absolute Gasteiger partial charge is 0.308 e. The molecule has 4 aliphatic rings. The van der Waals surface area contributed by atoms with Crippen molar-refractivity contribution in [3.05, 3.63) is 44.1 Å². The molecule has 1 saturated heterocycles. The highest BCUT2D eigenvalue weighted by molar-refractivity contribution is 9.10. The van der Waals surface area contributed by atoms with Gasteiger partial charge >= 0.3 is 5.97 Å². The molecular weight excluding hydrogens is 556 g/mol. The van der Waals surface area contributed by atoms with Crippen molar-refractivity contribution < 1.29 is 23.8 Å². The number of methoxy groups -OCH3 is 1. The Hall–Kier alpha value is -2.36. The van der Waals surface area contributed by atoms with Gasteiger partial charge in [0.15, 0.2) is 11.5 Å². The maximum atomic E-state index is 13.4. The van der Waals surface area contributed by atoms with Crippen LogP contribution in [0.25, 0.3) is 6.08 Å². The molecule has 0 radical (unpaired) electrons. The molecule has 1 amide bonds. The molecule has 2 aliphatic heterocycles. The third-order valence-electron chi connectivity index (χ3n) is 8.93. The molecule has 1 spiro atoms. The summed E-state index contributed by atoms with van der Waals surface area (Å²) in [7, 11) is 5.71. The van der Waals surface area contributed by atoms with Crippen LogP contribution in [0.4, 0.5) is 0 Å². The summed E-state index contributed by atoms with van der Waals surface area (Å²) in [6, 6.07) is 4.06. The first kappa shape index (κ1) is 24.9. The Kier molecular flexibility index (Phi) is 6.16. The molecule has 2 bridgehead atoms. The number of hydrogen-bond acceptors (Lipinski definition) is 7. The normalized spacial score (nSPS) is 29.5. The number of halogens is 1. The lowest BCUT2D eigenvalue weighted by Crippen LogP contribution is -2.68. The van der Waals surface area contributed by atoms with Crippen LogP contribution < -0.4 is 14.2 Å². The van der Waals surface area contributed by atoms with Crippen molar-refractivity contribution in [2.75, 3.05) is 27.7 Å². The average Bonchev–Trinajstić information content (AvgIpc) is 3.44. The Morgan fingerprint density at radius 2 is 2.11 bits per heavy atom. The highest BCUT2D eigenvalue weighted by atomic mass is 79.9. The lowest BCUT2D eigenvalue weighted by Gasteiger charge is -2.59. The first-order valence-corrected chi connectivity index (χ1v) is 14.4. The van der Waals surface area contributed by atoms with Gasteiger partial charge in [0, 0.05) is 63.4 Å². The zero-order valence-corrected chi connectivity index (χ0v) is 23.9. The number of rotatable bonds is 5. The van der Waals surface area contributed by atoms with Crippen LogP contribution in [0.2, 0.25) is 0 Å². The van der Waals surface area contributed by atoms with E-state index < -0.39 is 0 Å². The largest absolute Gasteiger partial charge is 0.493 e. The summed E-state index contributed by atoms with van der Waals surface area (Å²) in [5, 5.41) is 2.01. The molecule has 6 rings (SSSR count). The van der Waals surface area contributed by atoms with Gasteiger partial charge < -0.3 is 24.0 Å². The molecule has 5 atom stereocenters. The van der Waals surface area contributed by atoms with E-state index >= 15 is 0 Å². The molecule has 0 unspecified atom stereocenters. The Labute approximate surface area is 229 Å². The Morgan fingerprint density at radius 3 is 2.81 bits per heavy atom. The van der Waals surface area contributed by atoms with Crippen LogP contribution in [-0.2, 0) is 21.4 Å². The first-order chi connectivity index (χ1) is 17.7. The Morgan fingerprint density at radius 1 is 1.30 bits per heavy atom. The number of carbonyl (C=O) groups is 2. The van der Waals surface area contributed by atoms with Gasteiger partial charge in [-0.1, -0.05) is 0 Å². The number of benzene rings is 1. The van der Waals surface area contributed by atoms with Gasteiger partial charge in [0.1, 0.15) is 11.9 Å². The quantitative estimate of drug-likeness (QED) is 0.288. The minimum atomic E-state index is -0.344. The number of amides is 1. The number of nitrogens with zero attached hydrogens (tertiary/aromatic N) is 2. The topological polar surface area (TPSA) is 68.3 Å². The molecular formula is C28H31BrN2O5S. The number of piperidine rings is 1. The summed E-state index contributed by atoms with van der Waals surface area (Å²) in [5.41, 5.74) is 1.95. The van der Waals surface area contributed by atoms with Crippen LogP contribution in [0, 0.1) is 5.92 Å². The van der Waals surface area contributed by atoms with Crippen molar-refractivity contribution in [2.45, 2.75) is 56.2 Å². The number of hydrogen-bond donors (Lipinski definition) is 0. The fourth-order valence-electron chi connectivity index (χ4n) is 7.39. The number of thiophene rings is 1. The number of likely N-dealkylation sites (tertiary alicyclic amines) is 1. The molecule has 2 aromatic rings. The van der Waals surface area contributed by atoms with Crippen molar-refractivity contribution in [1.29, 1.82) is 0 Å². The highest BCUT2D eigenvalue weighted by Crippen LogP contribution is 2.65. The lowest BCUT2D eigenvalue weighted by molar-refractivity contribution is -0.135. The molecule has 3 heterocycles. The molecule has 9 heteroatoms. The lowest BCUT2D eigenvalue weighted by atomic mass is 9.51. The van der Waals surface area contributed by atoms with Crippen LogP contribution in [0.15, 0.2) is 28.1 Å². The van der Waals surface area contributed by atoms with Crippen LogP contribution in [0.1, 0.15) is 42.2 Å². The van der Waals surface area contributed by atoms with Crippen LogP contribution in [0.5, 0.6) is 17.2 Å². The fraction of sp³-hybridized carbons (Fsp3) is 0.500. The number of ether oxygens (including phenoxy) is 3. The van der Waals surface area contributed by atoms with Gasteiger partial charge in [-0.2, -0.15) is 0 Å². The summed E-state index contributed by atoms with van der Waals surface area (Å²) in [4.78, 5) is 30.7. The average molecular weight is 588 g/mol. The van der Waals surface area contributed by atoms with Crippen molar-refractivity contribution >= 4 is 45.2 Å². The summed E-state index contributed by atoms with van der Waals surface area (Å²) in [5.74, 6) is 1.95. The van der Waals surface area contributed by atoms with Crippen LogP contribution in [-0.4, -0.2) is 67.6 Å². The minimum Gasteiger partial charge on any atom is -0.493 e. The van der Waals surface area contributed by atoms with Gasteiger partial charge in [-0.25, -0.2) is 0 Å². The highest BCUT2D eigenvalue weighted by Gasteiger charge is 2.66. The van der Waals surface area contributed by atoms with E-state index in [-0.39, 0.29) is 29.4 Å². The fourth-order valence-corrected chi connectivity index (χ4v) is 8.73. The summed E-state index contributed by atoms with van der Waals surface area (Å²) in [6.45, 7) is 2.39. The van der Waals surface area contributed by atoms with E-state index in [4.69, 9.17) is 14.2 Å². The van der Waals surface area contributed by atoms with E-state index in [1.807, 2.05) is 29.5 Å². The van der Waals surface area contributed by atoms with Gasteiger partial charge in [0.25, 0.3) is 0 Å². The van der Waals surface area contributed by atoms with Crippen molar-refractivity contribution in [3.63, 3.8) is 0 Å². The third kappa shape index (κ3) is 3.76. The number of esters is 1. The van der Waals surface area contributed by atoms with E-state index in [1.165, 1.54) is 6.92 Å². The molecule has 7 nitrogen and oxygen atoms in total. The number of carbonyl (C=O) groups excluding carboxylic acids is 2. The first-order valence-electron chi connectivity index (χ1n) is 12.7. The third-order valence-corrected chi connectivity index (χ3v) is 10.6. The van der Waals surface area contributed by atoms with Gasteiger partial charge in [-0.3, -0.25) is 9.59 Å². The van der Waals surface area contributed by atoms with Gasteiger partial charge in [-0.15, -0.1) is 11.3 Å². The molecule has 37 heavy (non-hydrogen) atoms. The zero-order valence-electron chi connectivity index (χ0n) is 21.5. The second kappa shape index (κ2) is 9.13. The molecule has 2 fully saturated rings. The van der Waals surface area contributed by atoms with Crippen molar-refractivity contribution in [1.82, 2.24) is 9.80 Å². The van der Waals surface area contributed by atoms with E-state index in [2.05, 4.69) is 27.9 Å². The Balaban J connectivity index is 1.42. The monoisotopic (exact) mass is 586 g/mol. The predicted molar refractivity (Wildman–Crippen MR) is 145 cm³/mol. The summed E-state index contributed by atoms with van der Waals surface area (Å²) >= 11 is 5.07. The molecule has 196 valence electrons. The van der Waals surface area contributed by atoms with Gasteiger partial charge in [-0.05, 0) is 73.3 Å². The maximum Gasteiger partial charge on any atom is 0.308 e. The zero-order chi connectivity index (χ0) is 26.1. The minimum absolute atomic E-state index is 0.0305. The molecule has 2 aliphatic carbocycles.